The van der Waals surface area contributed by atoms with E-state index in [1.54, 1.807) is 6.08 Å². The van der Waals surface area contributed by atoms with Gasteiger partial charge in [0.05, 0.1) is 6.07 Å². The summed E-state index contributed by atoms with van der Waals surface area (Å²) in [6, 6.07) is 12.6. The molecule has 2 rings (SSSR count). The molecular formula is C16H17N. The molecule has 0 spiro atoms. The van der Waals surface area contributed by atoms with Crippen LogP contribution in [0.5, 0.6) is 0 Å². The minimum Gasteiger partial charge on any atom is -0.193 e. The first-order chi connectivity index (χ1) is 8.11. The smallest absolute Gasteiger partial charge is 0.0914 e. The van der Waals surface area contributed by atoms with Crippen molar-refractivity contribution >= 4 is 5.57 Å². The molecule has 0 aliphatic heterocycles. The van der Waals surface area contributed by atoms with Crippen molar-refractivity contribution in [1.29, 1.82) is 5.26 Å². The fourth-order valence-electron chi connectivity index (χ4n) is 2.47. The molecule has 1 aliphatic rings. The number of nitrogens with zero attached hydrogens (tertiary/aromatic N) is 1. The van der Waals surface area contributed by atoms with Crippen LogP contribution in [0.15, 0.2) is 48.1 Å². The van der Waals surface area contributed by atoms with Crippen LogP contribution in [-0.4, -0.2) is 0 Å². The van der Waals surface area contributed by atoms with E-state index in [9.17, 15) is 0 Å². The Hall–Kier alpha value is -1.81. The summed E-state index contributed by atoms with van der Waals surface area (Å²) in [7, 11) is 0. The van der Waals surface area contributed by atoms with Crippen LogP contribution in [0, 0.1) is 16.7 Å². The van der Waals surface area contributed by atoms with E-state index < -0.39 is 0 Å². The van der Waals surface area contributed by atoms with Gasteiger partial charge >= 0.3 is 0 Å². The predicted molar refractivity (Wildman–Crippen MR) is 71.1 cm³/mol. The summed E-state index contributed by atoms with van der Waals surface area (Å²) in [5.41, 5.74) is 3.98. The molecule has 0 atom stereocenters. The molecule has 0 aromatic heterocycles. The second-order valence-corrected chi connectivity index (χ2v) is 5.40. The average molecular weight is 223 g/mol. The van der Waals surface area contributed by atoms with Gasteiger partial charge < -0.3 is 0 Å². The maximum absolute atomic E-state index is 8.79. The van der Waals surface area contributed by atoms with Crippen LogP contribution in [0.3, 0.4) is 0 Å². The lowest BCUT2D eigenvalue weighted by Crippen LogP contribution is -2.16. The van der Waals surface area contributed by atoms with Crippen molar-refractivity contribution in [3.8, 4) is 6.07 Å². The van der Waals surface area contributed by atoms with E-state index in [-0.39, 0.29) is 5.41 Å². The molecule has 17 heavy (non-hydrogen) atoms. The van der Waals surface area contributed by atoms with Crippen molar-refractivity contribution in [3.63, 3.8) is 0 Å². The van der Waals surface area contributed by atoms with Gasteiger partial charge in [0.2, 0.25) is 0 Å². The highest BCUT2D eigenvalue weighted by Gasteiger charge is 2.25. The van der Waals surface area contributed by atoms with Crippen molar-refractivity contribution in [2.24, 2.45) is 5.41 Å². The lowest BCUT2D eigenvalue weighted by atomic mass is 9.73. The van der Waals surface area contributed by atoms with Gasteiger partial charge in [0, 0.05) is 6.08 Å². The molecule has 0 heterocycles. The molecule has 1 aromatic rings. The van der Waals surface area contributed by atoms with Crippen LogP contribution in [0.25, 0.3) is 5.57 Å². The SMILES string of the molecule is CC1(C)CC(c2ccccc2)=C/C(=C/C#N)C1. The van der Waals surface area contributed by atoms with Gasteiger partial charge in [0.25, 0.3) is 0 Å². The fraction of sp³-hybridized carbons (Fsp3) is 0.312. The van der Waals surface area contributed by atoms with Crippen LogP contribution in [-0.2, 0) is 0 Å². The van der Waals surface area contributed by atoms with Crippen LogP contribution in [0.1, 0.15) is 32.3 Å². The molecule has 1 aliphatic carbocycles. The number of benzene rings is 1. The Morgan fingerprint density at radius 1 is 1.18 bits per heavy atom. The fourth-order valence-corrected chi connectivity index (χ4v) is 2.47. The predicted octanol–water partition coefficient (Wildman–Crippen LogP) is 4.34. The molecule has 0 N–H and O–H groups in total. The summed E-state index contributed by atoms with van der Waals surface area (Å²) >= 11 is 0. The van der Waals surface area contributed by atoms with Gasteiger partial charge in [-0.15, -0.1) is 0 Å². The van der Waals surface area contributed by atoms with Gasteiger partial charge in [-0.25, -0.2) is 0 Å². The van der Waals surface area contributed by atoms with Crippen LogP contribution in [0.2, 0.25) is 0 Å². The molecule has 0 amide bonds. The Labute approximate surface area is 103 Å². The normalized spacial score (nSPS) is 20.8. The van der Waals surface area contributed by atoms with Crippen molar-refractivity contribution < 1.29 is 0 Å². The molecule has 0 saturated carbocycles. The summed E-state index contributed by atoms with van der Waals surface area (Å²) < 4.78 is 0. The van der Waals surface area contributed by atoms with Crippen LogP contribution < -0.4 is 0 Å². The van der Waals surface area contributed by atoms with Crippen LogP contribution in [0.4, 0.5) is 0 Å². The van der Waals surface area contributed by atoms with Crippen molar-refractivity contribution in [2.75, 3.05) is 0 Å². The van der Waals surface area contributed by atoms with E-state index in [1.807, 2.05) is 6.07 Å². The maximum Gasteiger partial charge on any atom is 0.0914 e. The van der Waals surface area contributed by atoms with E-state index in [0.717, 1.165) is 18.4 Å². The Bertz CT molecular complexity index is 498. The largest absolute Gasteiger partial charge is 0.193 e. The summed E-state index contributed by atoms with van der Waals surface area (Å²) in [4.78, 5) is 0. The van der Waals surface area contributed by atoms with E-state index in [1.165, 1.54) is 11.1 Å². The lowest BCUT2D eigenvalue weighted by molar-refractivity contribution is 0.369. The van der Waals surface area contributed by atoms with Gasteiger partial charge in [0.1, 0.15) is 0 Å². The Morgan fingerprint density at radius 2 is 1.88 bits per heavy atom. The molecule has 1 heteroatoms. The molecule has 86 valence electrons. The monoisotopic (exact) mass is 223 g/mol. The summed E-state index contributed by atoms with van der Waals surface area (Å²) in [6.45, 7) is 4.52. The minimum atomic E-state index is 0.239. The van der Waals surface area contributed by atoms with E-state index in [4.69, 9.17) is 5.26 Å². The third-order valence-corrected chi connectivity index (χ3v) is 3.11. The molecule has 0 saturated heterocycles. The second-order valence-electron chi connectivity index (χ2n) is 5.40. The first kappa shape index (κ1) is 11.7. The Kier molecular flexibility index (Phi) is 3.15. The van der Waals surface area contributed by atoms with Gasteiger partial charge in [0.15, 0.2) is 0 Å². The first-order valence-electron chi connectivity index (χ1n) is 5.95. The van der Waals surface area contributed by atoms with Gasteiger partial charge in [-0.2, -0.15) is 5.26 Å². The van der Waals surface area contributed by atoms with Crippen molar-refractivity contribution in [1.82, 2.24) is 0 Å². The zero-order valence-electron chi connectivity index (χ0n) is 10.4. The molecule has 0 bridgehead atoms. The molecule has 0 fully saturated rings. The number of allylic oxidation sites excluding steroid dienone is 4. The first-order valence-corrected chi connectivity index (χ1v) is 5.95. The highest BCUT2D eigenvalue weighted by atomic mass is 14.3. The lowest BCUT2D eigenvalue weighted by Gasteiger charge is -2.31. The topological polar surface area (TPSA) is 23.8 Å². The van der Waals surface area contributed by atoms with Crippen molar-refractivity contribution in [2.45, 2.75) is 26.7 Å². The minimum absolute atomic E-state index is 0.239. The standard InChI is InChI=1S/C16H17N/c1-16(2)11-13(8-9-17)10-15(12-16)14-6-4-3-5-7-14/h3-8,10H,11-12H2,1-2H3/b13-8-. The molecule has 0 unspecified atom stereocenters. The van der Waals surface area contributed by atoms with Gasteiger partial charge in [-0.05, 0) is 35.0 Å². The Balaban J connectivity index is 2.40. The number of rotatable bonds is 1. The molecular weight excluding hydrogens is 206 g/mol. The highest BCUT2D eigenvalue weighted by Crippen LogP contribution is 2.41. The van der Waals surface area contributed by atoms with Crippen molar-refractivity contribution in [3.05, 3.63) is 53.6 Å². The number of nitriles is 1. The number of hydrogen-bond acceptors (Lipinski definition) is 1. The van der Waals surface area contributed by atoms with Crippen LogP contribution >= 0.6 is 0 Å². The summed E-state index contributed by atoms with van der Waals surface area (Å²) in [5, 5.41) is 8.79. The summed E-state index contributed by atoms with van der Waals surface area (Å²) in [6.07, 6.45) is 5.89. The third-order valence-electron chi connectivity index (χ3n) is 3.11. The number of hydrogen-bond donors (Lipinski definition) is 0. The Morgan fingerprint density at radius 3 is 2.53 bits per heavy atom. The maximum atomic E-state index is 8.79. The highest BCUT2D eigenvalue weighted by molar-refractivity contribution is 5.70. The zero-order valence-corrected chi connectivity index (χ0v) is 10.4. The molecule has 1 nitrogen and oxygen atoms in total. The van der Waals surface area contributed by atoms with E-state index in [2.05, 4.69) is 50.3 Å². The molecule has 0 radical (unpaired) electrons. The van der Waals surface area contributed by atoms with Gasteiger partial charge in [-0.1, -0.05) is 50.3 Å². The molecule has 1 aromatic carbocycles. The van der Waals surface area contributed by atoms with E-state index in [0.29, 0.717) is 0 Å². The quantitative estimate of drug-likeness (QED) is 0.650. The zero-order chi connectivity index (χ0) is 12.3. The summed E-state index contributed by atoms with van der Waals surface area (Å²) in [5.74, 6) is 0. The average Bonchev–Trinajstić information content (AvgIpc) is 2.28. The van der Waals surface area contributed by atoms with Gasteiger partial charge in [-0.3, -0.25) is 0 Å². The van der Waals surface area contributed by atoms with E-state index >= 15 is 0 Å². The second kappa shape index (κ2) is 4.59. The third kappa shape index (κ3) is 2.85.